The summed E-state index contributed by atoms with van der Waals surface area (Å²) in [4.78, 5) is 22.5. The van der Waals surface area contributed by atoms with Crippen LogP contribution in [0.1, 0.15) is 32.6 Å². The van der Waals surface area contributed by atoms with Crippen molar-refractivity contribution < 1.29 is 24.9 Å². The molecule has 0 saturated carbocycles. The van der Waals surface area contributed by atoms with Gasteiger partial charge in [0.2, 0.25) is 0 Å². The van der Waals surface area contributed by atoms with Gasteiger partial charge in [0.25, 0.3) is 0 Å². The summed E-state index contributed by atoms with van der Waals surface area (Å²) in [5.41, 5.74) is 0. The number of likely N-dealkylation sites (N-methyl/N-ethyl adjacent to an activating group) is 1. The van der Waals surface area contributed by atoms with Gasteiger partial charge in [0.05, 0.1) is 0 Å². The van der Waals surface area contributed by atoms with Gasteiger partial charge in [-0.2, -0.15) is 0 Å². The van der Waals surface area contributed by atoms with Gasteiger partial charge < -0.3 is 20.6 Å². The van der Waals surface area contributed by atoms with Crippen LogP contribution in [0, 0.1) is 0 Å². The maximum Gasteiger partial charge on any atom is 0.320 e. The molecular formula is C13H26N2O5. The van der Waals surface area contributed by atoms with Gasteiger partial charge in [-0.25, -0.2) is 0 Å². The molecule has 7 nitrogen and oxygen atoms in total. The number of hydrogen-bond acceptors (Lipinski definition) is 5. The smallest absolute Gasteiger partial charge is 0.320 e. The number of hydrogen-bond donors (Lipinski definition) is 4. The highest BCUT2D eigenvalue weighted by atomic mass is 16.4. The molecule has 0 unspecified atom stereocenters. The van der Waals surface area contributed by atoms with Gasteiger partial charge in [-0.05, 0) is 45.8 Å². The minimum Gasteiger partial charge on any atom is -0.480 e. The first kappa shape index (κ1) is 18.8. The fourth-order valence-corrected chi connectivity index (χ4v) is 2.06. The second-order valence-electron chi connectivity index (χ2n) is 4.83. The van der Waals surface area contributed by atoms with Gasteiger partial charge in [0.1, 0.15) is 12.1 Å². The number of rotatable bonds is 7. The van der Waals surface area contributed by atoms with Gasteiger partial charge in [-0.3, -0.25) is 14.5 Å². The summed E-state index contributed by atoms with van der Waals surface area (Å²) in [6.45, 7) is 3.52. The number of aliphatic carboxylic acids is 2. The molecule has 4 N–H and O–H groups in total. The monoisotopic (exact) mass is 290 g/mol. The number of aliphatic hydroxyl groups is 1. The average molecular weight is 290 g/mol. The number of nitrogens with zero attached hydrogens (tertiary/aromatic N) is 1. The third kappa shape index (κ3) is 7.42. The van der Waals surface area contributed by atoms with Crippen LogP contribution in [0.2, 0.25) is 0 Å². The lowest BCUT2D eigenvalue weighted by molar-refractivity contribution is -0.143. The molecule has 20 heavy (non-hydrogen) atoms. The lowest BCUT2D eigenvalue weighted by atomic mass is 10.2. The lowest BCUT2D eigenvalue weighted by Crippen LogP contribution is -2.39. The number of carbonyl (C=O) groups is 2. The van der Waals surface area contributed by atoms with Crippen LogP contribution in [0.4, 0.5) is 0 Å². The van der Waals surface area contributed by atoms with E-state index in [1.165, 1.54) is 0 Å². The fourth-order valence-electron chi connectivity index (χ4n) is 2.06. The van der Waals surface area contributed by atoms with E-state index in [9.17, 15) is 9.59 Å². The highest BCUT2D eigenvalue weighted by Crippen LogP contribution is 2.03. The first-order valence-electron chi connectivity index (χ1n) is 6.94. The third-order valence-corrected chi connectivity index (χ3v) is 3.15. The highest BCUT2D eigenvalue weighted by molar-refractivity contribution is 5.73. The largest absolute Gasteiger partial charge is 0.480 e. The molecule has 1 rings (SSSR count). The van der Waals surface area contributed by atoms with Crippen LogP contribution in [0.3, 0.4) is 0 Å². The predicted molar refractivity (Wildman–Crippen MR) is 74.7 cm³/mol. The first-order valence-corrected chi connectivity index (χ1v) is 6.94. The number of nitrogens with one attached hydrogen (secondary N) is 1. The molecular weight excluding hydrogens is 264 g/mol. The molecule has 0 aromatic carbocycles. The average Bonchev–Trinajstić information content (AvgIpc) is 2.90. The number of carboxylic acid groups (broad SMARTS) is 2. The number of carboxylic acids is 2. The molecule has 0 aliphatic carbocycles. The normalized spacial score (nSPS) is 19.3. The van der Waals surface area contributed by atoms with Crippen LogP contribution >= 0.6 is 0 Å². The van der Waals surface area contributed by atoms with E-state index >= 15 is 0 Å². The maximum absolute atomic E-state index is 10.7. The third-order valence-electron chi connectivity index (χ3n) is 3.15. The molecule has 1 fully saturated rings. The zero-order valence-electron chi connectivity index (χ0n) is 12.2. The second-order valence-corrected chi connectivity index (χ2v) is 4.83. The molecule has 1 heterocycles. The molecule has 1 aliphatic rings. The van der Waals surface area contributed by atoms with Crippen molar-refractivity contribution in [3.05, 3.63) is 0 Å². The van der Waals surface area contributed by atoms with Crippen molar-refractivity contribution in [2.24, 2.45) is 0 Å². The quantitative estimate of drug-likeness (QED) is 0.522. The van der Waals surface area contributed by atoms with E-state index in [-0.39, 0.29) is 12.6 Å². The molecule has 0 bridgehead atoms. The Balaban J connectivity index is 0.000000388. The second kappa shape index (κ2) is 10.6. The number of aliphatic hydroxyl groups excluding tert-OH is 1. The Bertz CT molecular complexity index is 292. The van der Waals surface area contributed by atoms with Crippen LogP contribution < -0.4 is 5.32 Å². The van der Waals surface area contributed by atoms with Crippen molar-refractivity contribution in [3.63, 3.8) is 0 Å². The van der Waals surface area contributed by atoms with Gasteiger partial charge in [0, 0.05) is 6.61 Å². The Morgan fingerprint density at radius 3 is 2.35 bits per heavy atom. The lowest BCUT2D eigenvalue weighted by Gasteiger charge is -2.22. The summed E-state index contributed by atoms with van der Waals surface area (Å²) in [6, 6.07) is -0.815. The van der Waals surface area contributed by atoms with E-state index in [4.69, 9.17) is 15.3 Å². The molecule has 0 amide bonds. The SMILES string of the molecule is CCCN(C)[C@@H](CCO)C(=O)O.O=C(O)[C@@H]1CCCN1. The van der Waals surface area contributed by atoms with Crippen molar-refractivity contribution in [2.45, 2.75) is 44.7 Å². The minimum absolute atomic E-state index is 0.0784. The molecule has 1 saturated heterocycles. The van der Waals surface area contributed by atoms with Crippen LogP contribution in [0.15, 0.2) is 0 Å². The Morgan fingerprint density at radius 2 is 2.05 bits per heavy atom. The Morgan fingerprint density at radius 1 is 1.40 bits per heavy atom. The van der Waals surface area contributed by atoms with Crippen LogP contribution in [0.25, 0.3) is 0 Å². The van der Waals surface area contributed by atoms with Crippen molar-refractivity contribution in [1.82, 2.24) is 10.2 Å². The summed E-state index contributed by atoms with van der Waals surface area (Å²) in [6.07, 6.45) is 3.00. The molecule has 2 atom stereocenters. The maximum atomic E-state index is 10.7. The summed E-state index contributed by atoms with van der Waals surface area (Å²) < 4.78 is 0. The summed E-state index contributed by atoms with van der Waals surface area (Å²) in [5.74, 6) is -1.58. The molecule has 1 aliphatic heterocycles. The van der Waals surface area contributed by atoms with Crippen LogP contribution in [-0.2, 0) is 9.59 Å². The van der Waals surface area contributed by atoms with Gasteiger partial charge >= 0.3 is 11.9 Å². The van der Waals surface area contributed by atoms with Crippen LogP contribution in [-0.4, -0.2) is 71.0 Å². The molecule has 0 aromatic rings. The van der Waals surface area contributed by atoms with Crippen molar-refractivity contribution in [3.8, 4) is 0 Å². The standard InChI is InChI=1S/C8H17NO3.C5H9NO2/c1-3-5-9(2)7(4-6-10)8(11)12;7-5(8)4-2-1-3-6-4/h7,10H,3-6H2,1-2H3,(H,11,12);4,6H,1-3H2,(H,7,8)/t7-;4-/m00/s1. The molecule has 118 valence electrons. The Labute approximate surface area is 119 Å². The van der Waals surface area contributed by atoms with Gasteiger partial charge in [-0.1, -0.05) is 6.92 Å². The van der Waals surface area contributed by atoms with E-state index < -0.39 is 18.0 Å². The minimum atomic E-state index is -0.861. The zero-order valence-corrected chi connectivity index (χ0v) is 12.2. The molecule has 0 aromatic heterocycles. The van der Waals surface area contributed by atoms with E-state index in [0.717, 1.165) is 32.4 Å². The van der Waals surface area contributed by atoms with E-state index in [2.05, 4.69) is 5.32 Å². The molecule has 0 radical (unpaired) electrons. The zero-order chi connectivity index (χ0) is 15.5. The van der Waals surface area contributed by atoms with Crippen molar-refractivity contribution >= 4 is 11.9 Å². The van der Waals surface area contributed by atoms with Crippen molar-refractivity contribution in [2.75, 3.05) is 26.7 Å². The van der Waals surface area contributed by atoms with E-state index in [1.54, 1.807) is 11.9 Å². The van der Waals surface area contributed by atoms with E-state index in [1.807, 2.05) is 6.92 Å². The van der Waals surface area contributed by atoms with Crippen molar-refractivity contribution in [1.29, 1.82) is 0 Å². The summed E-state index contributed by atoms with van der Waals surface area (Å²) in [7, 11) is 1.76. The Kier molecular flexibility index (Phi) is 9.96. The summed E-state index contributed by atoms with van der Waals surface area (Å²) >= 11 is 0. The van der Waals surface area contributed by atoms with Gasteiger partial charge in [-0.15, -0.1) is 0 Å². The van der Waals surface area contributed by atoms with E-state index in [0.29, 0.717) is 6.42 Å². The summed E-state index contributed by atoms with van der Waals surface area (Å²) in [5, 5.41) is 28.6. The highest BCUT2D eigenvalue weighted by Gasteiger charge is 2.21. The molecule has 0 spiro atoms. The van der Waals surface area contributed by atoms with Crippen LogP contribution in [0.5, 0.6) is 0 Å². The topological polar surface area (TPSA) is 110 Å². The first-order chi connectivity index (χ1) is 9.43. The predicted octanol–water partition coefficient (Wildman–Crippen LogP) is -0.0132. The molecule has 7 heteroatoms. The van der Waals surface area contributed by atoms with Gasteiger partial charge in [0.15, 0.2) is 0 Å². The fraction of sp³-hybridized carbons (Fsp3) is 0.846. The Hall–Kier alpha value is -1.18.